The zero-order valence-corrected chi connectivity index (χ0v) is 18.9. The van der Waals surface area contributed by atoms with Crippen LogP contribution in [0.15, 0.2) is 60.7 Å². The van der Waals surface area contributed by atoms with E-state index in [2.05, 4.69) is 4.98 Å². The second kappa shape index (κ2) is 9.07. The van der Waals surface area contributed by atoms with Crippen molar-refractivity contribution in [2.45, 2.75) is 13.5 Å². The molecule has 7 heteroatoms. The molecule has 0 atom stereocenters. The summed E-state index contributed by atoms with van der Waals surface area (Å²) in [5.41, 5.74) is 3.68. The standard InChI is InChI=1S/C25H19Cl2NO4/c1-14-6-8-21-16(10-14)17(25(29)30)12-22(28-21)15-7-9-23(24(11-15)31-2)32-13-18-19(26)4-3-5-20(18)27/h3-12H,13H2,1-2H3,(H,29,30). The van der Waals surface area contributed by atoms with Crippen LogP contribution < -0.4 is 9.47 Å². The number of hydrogen-bond donors (Lipinski definition) is 1. The second-order valence-corrected chi connectivity index (χ2v) is 8.05. The van der Waals surface area contributed by atoms with Crippen molar-refractivity contribution in [1.82, 2.24) is 4.98 Å². The maximum Gasteiger partial charge on any atom is 0.336 e. The fourth-order valence-electron chi connectivity index (χ4n) is 3.43. The molecule has 162 valence electrons. The van der Waals surface area contributed by atoms with E-state index in [1.54, 1.807) is 42.5 Å². The molecular weight excluding hydrogens is 449 g/mol. The predicted octanol–water partition coefficient (Wildman–Crippen LogP) is 6.80. The van der Waals surface area contributed by atoms with Gasteiger partial charge < -0.3 is 14.6 Å². The maximum atomic E-state index is 11.9. The van der Waals surface area contributed by atoms with Crippen molar-refractivity contribution < 1.29 is 19.4 Å². The zero-order valence-electron chi connectivity index (χ0n) is 17.4. The molecule has 5 nitrogen and oxygen atoms in total. The number of hydrogen-bond acceptors (Lipinski definition) is 4. The number of pyridine rings is 1. The molecule has 0 aliphatic rings. The number of carbonyl (C=O) groups is 1. The van der Waals surface area contributed by atoms with Gasteiger partial charge in [0, 0.05) is 26.6 Å². The van der Waals surface area contributed by atoms with Crippen LogP contribution in [-0.4, -0.2) is 23.2 Å². The van der Waals surface area contributed by atoms with Gasteiger partial charge in [0.15, 0.2) is 11.5 Å². The highest BCUT2D eigenvalue weighted by Gasteiger charge is 2.15. The smallest absolute Gasteiger partial charge is 0.336 e. The molecule has 0 bridgehead atoms. The number of carboxylic acid groups (broad SMARTS) is 1. The van der Waals surface area contributed by atoms with Crippen LogP contribution in [-0.2, 0) is 6.61 Å². The Balaban J connectivity index is 1.70. The first-order chi connectivity index (χ1) is 15.4. The van der Waals surface area contributed by atoms with Gasteiger partial charge in [-0.15, -0.1) is 0 Å². The van der Waals surface area contributed by atoms with Gasteiger partial charge in [0.25, 0.3) is 0 Å². The molecule has 0 spiro atoms. The normalized spacial score (nSPS) is 10.9. The van der Waals surface area contributed by atoms with Crippen molar-refractivity contribution in [3.8, 4) is 22.8 Å². The molecule has 1 N–H and O–H groups in total. The molecule has 4 rings (SSSR count). The first-order valence-electron chi connectivity index (χ1n) is 9.76. The Morgan fingerprint density at radius 3 is 2.44 bits per heavy atom. The SMILES string of the molecule is COc1cc(-c2cc(C(=O)O)c3cc(C)ccc3n2)ccc1OCc1c(Cl)cccc1Cl. The first kappa shape index (κ1) is 21.9. The van der Waals surface area contributed by atoms with E-state index < -0.39 is 5.97 Å². The van der Waals surface area contributed by atoms with Gasteiger partial charge in [-0.1, -0.05) is 40.9 Å². The lowest BCUT2D eigenvalue weighted by atomic mass is 10.0. The number of aryl methyl sites for hydroxylation is 1. The third-order valence-electron chi connectivity index (χ3n) is 5.09. The van der Waals surface area contributed by atoms with E-state index in [4.69, 9.17) is 32.7 Å². The minimum absolute atomic E-state index is 0.172. The number of methoxy groups -OCH3 is 1. The third kappa shape index (κ3) is 4.35. The summed E-state index contributed by atoms with van der Waals surface area (Å²) in [7, 11) is 1.54. The zero-order chi connectivity index (χ0) is 22.8. The molecule has 1 aromatic heterocycles. The van der Waals surface area contributed by atoms with Crippen LogP contribution in [0.1, 0.15) is 21.5 Å². The average molecular weight is 468 g/mol. The number of benzene rings is 3. The van der Waals surface area contributed by atoms with Crippen molar-refractivity contribution in [3.63, 3.8) is 0 Å². The first-order valence-corrected chi connectivity index (χ1v) is 10.5. The Bertz CT molecular complexity index is 1320. The van der Waals surface area contributed by atoms with Gasteiger partial charge in [-0.25, -0.2) is 9.78 Å². The fourth-order valence-corrected chi connectivity index (χ4v) is 3.94. The van der Waals surface area contributed by atoms with E-state index in [0.29, 0.717) is 49.3 Å². The molecule has 0 aliphatic heterocycles. The largest absolute Gasteiger partial charge is 0.493 e. The summed E-state index contributed by atoms with van der Waals surface area (Å²) >= 11 is 12.4. The summed E-state index contributed by atoms with van der Waals surface area (Å²) in [6, 6.07) is 17.7. The number of ether oxygens (including phenoxy) is 2. The number of rotatable bonds is 6. The molecule has 4 aromatic rings. The molecule has 3 aromatic carbocycles. The summed E-state index contributed by atoms with van der Waals surface area (Å²) in [5, 5.41) is 11.4. The van der Waals surface area contributed by atoms with Crippen LogP contribution in [0.3, 0.4) is 0 Å². The second-order valence-electron chi connectivity index (χ2n) is 7.24. The van der Waals surface area contributed by atoms with Gasteiger partial charge in [0.05, 0.1) is 23.9 Å². The van der Waals surface area contributed by atoms with E-state index >= 15 is 0 Å². The maximum absolute atomic E-state index is 11.9. The third-order valence-corrected chi connectivity index (χ3v) is 5.80. The molecule has 0 amide bonds. The molecule has 0 aliphatic carbocycles. The Hall–Kier alpha value is -3.28. The predicted molar refractivity (Wildman–Crippen MR) is 126 cm³/mol. The number of halogens is 2. The highest BCUT2D eigenvalue weighted by molar-refractivity contribution is 6.35. The van der Waals surface area contributed by atoms with Crippen molar-refractivity contribution in [3.05, 3.63) is 87.4 Å². The summed E-state index contributed by atoms with van der Waals surface area (Å²) in [6.07, 6.45) is 0. The number of carboxylic acids is 1. The summed E-state index contributed by atoms with van der Waals surface area (Å²) in [4.78, 5) is 16.5. The molecule has 0 saturated carbocycles. The van der Waals surface area contributed by atoms with E-state index in [9.17, 15) is 9.90 Å². The Kier molecular flexibility index (Phi) is 6.21. The lowest BCUT2D eigenvalue weighted by Gasteiger charge is -2.14. The van der Waals surface area contributed by atoms with Crippen molar-refractivity contribution >= 4 is 40.1 Å². The van der Waals surface area contributed by atoms with E-state index in [-0.39, 0.29) is 12.2 Å². The van der Waals surface area contributed by atoms with Gasteiger partial charge >= 0.3 is 5.97 Å². The fraction of sp³-hybridized carbons (Fsp3) is 0.120. The molecule has 0 unspecified atom stereocenters. The Morgan fingerprint density at radius 1 is 1.00 bits per heavy atom. The lowest BCUT2D eigenvalue weighted by molar-refractivity contribution is 0.0699. The van der Waals surface area contributed by atoms with E-state index in [1.165, 1.54) is 7.11 Å². The molecular formula is C25H19Cl2NO4. The van der Waals surface area contributed by atoms with E-state index in [0.717, 1.165) is 5.56 Å². The quantitative estimate of drug-likeness (QED) is 0.337. The minimum Gasteiger partial charge on any atom is -0.493 e. The Labute approximate surface area is 195 Å². The summed E-state index contributed by atoms with van der Waals surface area (Å²) < 4.78 is 11.4. The van der Waals surface area contributed by atoms with Crippen molar-refractivity contribution in [1.29, 1.82) is 0 Å². The van der Waals surface area contributed by atoms with Crippen LogP contribution in [0.4, 0.5) is 0 Å². The molecule has 0 fully saturated rings. The monoisotopic (exact) mass is 467 g/mol. The molecule has 0 saturated heterocycles. The lowest BCUT2D eigenvalue weighted by Crippen LogP contribution is -2.01. The van der Waals surface area contributed by atoms with Gasteiger partial charge in [-0.05, 0) is 55.5 Å². The van der Waals surface area contributed by atoms with E-state index in [1.807, 2.05) is 25.1 Å². The minimum atomic E-state index is -1.01. The van der Waals surface area contributed by atoms with Crippen molar-refractivity contribution in [2.24, 2.45) is 0 Å². The van der Waals surface area contributed by atoms with Crippen LogP contribution in [0.5, 0.6) is 11.5 Å². The number of nitrogens with zero attached hydrogens (tertiary/aromatic N) is 1. The summed E-state index contributed by atoms with van der Waals surface area (Å²) in [5.74, 6) is -0.0248. The highest BCUT2D eigenvalue weighted by Crippen LogP contribution is 2.35. The number of aromatic nitrogens is 1. The van der Waals surface area contributed by atoms with Crippen LogP contribution in [0.2, 0.25) is 10.0 Å². The van der Waals surface area contributed by atoms with Crippen molar-refractivity contribution in [2.75, 3.05) is 7.11 Å². The number of fused-ring (bicyclic) bond motifs is 1. The summed E-state index contributed by atoms with van der Waals surface area (Å²) in [6.45, 7) is 2.09. The van der Waals surface area contributed by atoms with Gasteiger partial charge in [-0.3, -0.25) is 0 Å². The highest BCUT2D eigenvalue weighted by atomic mass is 35.5. The molecule has 1 heterocycles. The average Bonchev–Trinajstić information content (AvgIpc) is 2.78. The molecule has 0 radical (unpaired) electrons. The van der Waals surface area contributed by atoms with Crippen LogP contribution in [0.25, 0.3) is 22.2 Å². The van der Waals surface area contributed by atoms with Crippen LogP contribution >= 0.6 is 23.2 Å². The topological polar surface area (TPSA) is 68.7 Å². The van der Waals surface area contributed by atoms with Crippen LogP contribution in [0, 0.1) is 6.92 Å². The van der Waals surface area contributed by atoms with Gasteiger partial charge in [0.2, 0.25) is 0 Å². The van der Waals surface area contributed by atoms with Gasteiger partial charge in [0.1, 0.15) is 6.61 Å². The number of aromatic carboxylic acids is 1. The Morgan fingerprint density at radius 2 is 1.75 bits per heavy atom. The molecule has 32 heavy (non-hydrogen) atoms. The van der Waals surface area contributed by atoms with Gasteiger partial charge in [-0.2, -0.15) is 0 Å².